The number of aromatic hydroxyl groups is 1. The van der Waals surface area contributed by atoms with Crippen LogP contribution in [0.15, 0.2) is 24.3 Å². The van der Waals surface area contributed by atoms with E-state index in [2.05, 4.69) is 4.84 Å². The molecule has 0 aromatic heterocycles. The van der Waals surface area contributed by atoms with Crippen molar-refractivity contribution in [1.29, 1.82) is 0 Å². The fraction of sp³-hybridized carbons (Fsp3) is 0.250. The number of phenolic OH excluding ortho intramolecular Hbond substituents is 1. The van der Waals surface area contributed by atoms with E-state index in [1.54, 1.807) is 12.1 Å². The summed E-state index contributed by atoms with van der Waals surface area (Å²) in [5.74, 6) is 5.10. The smallest absolute Gasteiger partial charge is 0.127 e. The van der Waals surface area contributed by atoms with Crippen LogP contribution in [0.1, 0.15) is 11.7 Å². The van der Waals surface area contributed by atoms with Crippen molar-refractivity contribution in [3.8, 4) is 5.75 Å². The van der Waals surface area contributed by atoms with Gasteiger partial charge in [-0.05, 0) is 17.7 Å². The molecule has 1 atom stereocenters. The molecule has 4 nitrogen and oxygen atoms in total. The normalized spacial score (nSPS) is 12.8. The van der Waals surface area contributed by atoms with E-state index < -0.39 is 6.10 Å². The van der Waals surface area contributed by atoms with E-state index in [1.165, 1.54) is 12.1 Å². The van der Waals surface area contributed by atoms with E-state index in [1.807, 2.05) is 0 Å². The standard InChI is InChI=1S/C8H11NO3/c9-12-8(5-10)6-1-3-7(11)4-2-6/h1-4,8,10-11H,5,9H2. The van der Waals surface area contributed by atoms with Crippen LogP contribution in [0.5, 0.6) is 5.75 Å². The number of aliphatic hydroxyl groups is 1. The number of benzene rings is 1. The summed E-state index contributed by atoms with van der Waals surface area (Å²) in [6.07, 6.45) is -0.523. The zero-order chi connectivity index (χ0) is 8.97. The molecule has 66 valence electrons. The Kier molecular flexibility index (Phi) is 3.04. The van der Waals surface area contributed by atoms with Gasteiger partial charge in [-0.3, -0.25) is 4.84 Å². The van der Waals surface area contributed by atoms with E-state index >= 15 is 0 Å². The molecule has 0 heterocycles. The molecule has 0 saturated heterocycles. The van der Waals surface area contributed by atoms with Crippen molar-refractivity contribution in [1.82, 2.24) is 0 Å². The molecule has 0 fully saturated rings. The largest absolute Gasteiger partial charge is 0.508 e. The molecule has 1 aromatic rings. The number of phenols is 1. The van der Waals surface area contributed by atoms with E-state index in [9.17, 15) is 0 Å². The van der Waals surface area contributed by atoms with Crippen molar-refractivity contribution in [3.05, 3.63) is 29.8 Å². The highest BCUT2D eigenvalue weighted by Crippen LogP contribution is 2.17. The predicted octanol–water partition coefficient (Wildman–Crippen LogP) is 0.316. The maximum absolute atomic E-state index is 8.95. The number of hydrogen-bond acceptors (Lipinski definition) is 4. The van der Waals surface area contributed by atoms with E-state index in [0.717, 1.165) is 5.56 Å². The second kappa shape index (κ2) is 4.06. The van der Waals surface area contributed by atoms with Crippen molar-refractivity contribution in [3.63, 3.8) is 0 Å². The monoisotopic (exact) mass is 169 g/mol. The van der Waals surface area contributed by atoms with Gasteiger partial charge in [-0.2, -0.15) is 0 Å². The predicted molar refractivity (Wildman–Crippen MR) is 43.2 cm³/mol. The fourth-order valence-corrected chi connectivity index (χ4v) is 0.916. The number of aliphatic hydroxyl groups excluding tert-OH is 1. The van der Waals surface area contributed by atoms with E-state index in [-0.39, 0.29) is 12.4 Å². The van der Waals surface area contributed by atoms with Crippen LogP contribution in [0, 0.1) is 0 Å². The molecule has 1 rings (SSSR count). The lowest BCUT2D eigenvalue weighted by Gasteiger charge is -2.10. The molecule has 0 bridgehead atoms. The van der Waals surface area contributed by atoms with Crippen LogP contribution in [-0.4, -0.2) is 16.8 Å². The minimum atomic E-state index is -0.523. The molecule has 1 aromatic carbocycles. The molecule has 12 heavy (non-hydrogen) atoms. The average molecular weight is 169 g/mol. The van der Waals surface area contributed by atoms with Gasteiger partial charge in [-0.15, -0.1) is 0 Å². The maximum atomic E-state index is 8.95. The summed E-state index contributed by atoms with van der Waals surface area (Å²) in [6.45, 7) is -0.179. The summed E-state index contributed by atoms with van der Waals surface area (Å²) in [5.41, 5.74) is 0.734. The topological polar surface area (TPSA) is 75.7 Å². The Morgan fingerprint density at radius 2 is 1.92 bits per heavy atom. The van der Waals surface area contributed by atoms with Gasteiger partial charge in [0.25, 0.3) is 0 Å². The first-order valence-electron chi connectivity index (χ1n) is 3.53. The van der Waals surface area contributed by atoms with Gasteiger partial charge in [0.2, 0.25) is 0 Å². The minimum absolute atomic E-state index is 0.174. The molecular weight excluding hydrogens is 158 g/mol. The highest BCUT2D eigenvalue weighted by molar-refractivity contribution is 5.27. The zero-order valence-electron chi connectivity index (χ0n) is 6.47. The summed E-state index contributed by atoms with van der Waals surface area (Å²) < 4.78 is 0. The molecule has 0 aliphatic rings. The molecule has 0 aliphatic carbocycles. The Bertz CT molecular complexity index is 231. The molecule has 4 N–H and O–H groups in total. The Morgan fingerprint density at radius 3 is 2.33 bits per heavy atom. The lowest BCUT2D eigenvalue weighted by molar-refractivity contribution is 0.0108. The molecule has 1 unspecified atom stereocenters. The van der Waals surface area contributed by atoms with Crippen LogP contribution in [-0.2, 0) is 4.84 Å². The average Bonchev–Trinajstić information content (AvgIpc) is 2.10. The van der Waals surface area contributed by atoms with Crippen LogP contribution in [0.4, 0.5) is 0 Å². The van der Waals surface area contributed by atoms with Gasteiger partial charge in [0.1, 0.15) is 11.9 Å². The third-order valence-corrected chi connectivity index (χ3v) is 1.59. The second-order valence-corrected chi connectivity index (χ2v) is 2.40. The van der Waals surface area contributed by atoms with Gasteiger partial charge in [-0.1, -0.05) is 12.1 Å². The van der Waals surface area contributed by atoms with Crippen molar-refractivity contribution >= 4 is 0 Å². The molecule has 0 saturated carbocycles. The zero-order valence-corrected chi connectivity index (χ0v) is 6.47. The molecular formula is C8H11NO3. The fourth-order valence-electron chi connectivity index (χ4n) is 0.916. The van der Waals surface area contributed by atoms with E-state index in [0.29, 0.717) is 0 Å². The van der Waals surface area contributed by atoms with Crippen LogP contribution >= 0.6 is 0 Å². The lowest BCUT2D eigenvalue weighted by atomic mass is 10.1. The van der Waals surface area contributed by atoms with Gasteiger partial charge in [0.15, 0.2) is 0 Å². The van der Waals surface area contributed by atoms with Crippen LogP contribution in [0.25, 0.3) is 0 Å². The quantitative estimate of drug-likeness (QED) is 0.569. The summed E-state index contributed by atoms with van der Waals surface area (Å²) in [6, 6.07) is 6.31. The van der Waals surface area contributed by atoms with Crippen molar-refractivity contribution < 1.29 is 15.1 Å². The second-order valence-electron chi connectivity index (χ2n) is 2.40. The Hall–Kier alpha value is -1.10. The SMILES string of the molecule is NOC(CO)c1ccc(O)cc1. The Morgan fingerprint density at radius 1 is 1.33 bits per heavy atom. The van der Waals surface area contributed by atoms with Crippen molar-refractivity contribution in [2.45, 2.75) is 6.10 Å². The molecule has 4 heteroatoms. The molecule has 0 aliphatic heterocycles. The summed E-state index contributed by atoms with van der Waals surface area (Å²) >= 11 is 0. The summed E-state index contributed by atoms with van der Waals surface area (Å²) in [4.78, 5) is 4.49. The first-order valence-corrected chi connectivity index (χ1v) is 3.53. The van der Waals surface area contributed by atoms with Crippen LogP contribution < -0.4 is 5.90 Å². The van der Waals surface area contributed by atoms with Crippen LogP contribution in [0.2, 0.25) is 0 Å². The lowest BCUT2D eigenvalue weighted by Crippen LogP contribution is -2.12. The molecule has 0 amide bonds. The van der Waals surface area contributed by atoms with Crippen LogP contribution in [0.3, 0.4) is 0 Å². The number of hydrogen-bond donors (Lipinski definition) is 3. The molecule has 0 spiro atoms. The number of rotatable bonds is 3. The third-order valence-electron chi connectivity index (χ3n) is 1.59. The Balaban J connectivity index is 2.80. The van der Waals surface area contributed by atoms with Gasteiger partial charge in [-0.25, -0.2) is 5.90 Å². The minimum Gasteiger partial charge on any atom is -0.508 e. The van der Waals surface area contributed by atoms with Gasteiger partial charge < -0.3 is 10.2 Å². The number of nitrogens with two attached hydrogens (primary N) is 1. The Labute approximate surface area is 70.2 Å². The maximum Gasteiger partial charge on any atom is 0.127 e. The highest BCUT2D eigenvalue weighted by atomic mass is 16.6. The summed E-state index contributed by atoms with van der Waals surface area (Å²) in [5, 5.41) is 17.7. The third kappa shape index (κ3) is 1.94. The van der Waals surface area contributed by atoms with E-state index in [4.69, 9.17) is 16.1 Å². The first-order chi connectivity index (χ1) is 5.77. The van der Waals surface area contributed by atoms with Crippen molar-refractivity contribution in [2.75, 3.05) is 6.61 Å². The first kappa shape index (κ1) is 8.99. The van der Waals surface area contributed by atoms with Gasteiger partial charge >= 0.3 is 0 Å². The highest BCUT2D eigenvalue weighted by Gasteiger charge is 2.08. The van der Waals surface area contributed by atoms with Gasteiger partial charge in [0.05, 0.1) is 6.61 Å². The molecule has 0 radical (unpaired) electrons. The summed E-state index contributed by atoms with van der Waals surface area (Å²) in [7, 11) is 0. The van der Waals surface area contributed by atoms with Gasteiger partial charge in [0, 0.05) is 0 Å². The van der Waals surface area contributed by atoms with Crippen molar-refractivity contribution in [2.24, 2.45) is 5.90 Å².